The molecule has 6 heteroatoms. The minimum Gasteiger partial charge on any atom is -0.395 e. The largest absolute Gasteiger partial charge is 0.395 e. The van der Waals surface area contributed by atoms with Crippen LogP contribution in [0.4, 0.5) is 0 Å². The maximum absolute atomic E-state index is 12.2. The Hall–Kier alpha value is -1.24. The van der Waals surface area contributed by atoms with Crippen molar-refractivity contribution < 1.29 is 18.3 Å². The summed E-state index contributed by atoms with van der Waals surface area (Å²) in [7, 11) is -3.69. The van der Waals surface area contributed by atoms with Gasteiger partial charge in [-0.2, -0.15) is 0 Å². The first-order valence-corrected chi connectivity index (χ1v) is 8.04. The number of hydrogen-bond donors (Lipinski definition) is 2. The lowest BCUT2D eigenvalue weighted by molar-refractivity contribution is 0.101. The summed E-state index contributed by atoms with van der Waals surface area (Å²) in [5.41, 5.74) is 0.463. The third kappa shape index (κ3) is 4.13. The van der Waals surface area contributed by atoms with Gasteiger partial charge in [-0.15, -0.1) is 0 Å². The standard InChI is InChI=1S/C14H21NO4S/c1-4-10(2)14(9-16)15-20(18,19)13-7-5-12(6-8-13)11(3)17/h5-8,10,14-16H,4,9H2,1-3H3/t10-,14+/m0/s1. The molecule has 0 unspecified atom stereocenters. The molecule has 0 aliphatic carbocycles. The van der Waals surface area contributed by atoms with Crippen LogP contribution in [-0.4, -0.2) is 32.0 Å². The highest BCUT2D eigenvalue weighted by Gasteiger charge is 2.23. The molecule has 0 heterocycles. The van der Waals surface area contributed by atoms with Crippen molar-refractivity contribution in [3.8, 4) is 0 Å². The molecular weight excluding hydrogens is 278 g/mol. The average molecular weight is 299 g/mol. The van der Waals surface area contributed by atoms with Gasteiger partial charge in [0.05, 0.1) is 11.5 Å². The second-order valence-corrected chi connectivity index (χ2v) is 6.59. The SMILES string of the molecule is CC[C@H](C)[C@@H](CO)NS(=O)(=O)c1ccc(C(C)=O)cc1. The topological polar surface area (TPSA) is 83.5 Å². The molecule has 5 nitrogen and oxygen atoms in total. The number of aliphatic hydroxyl groups excluding tert-OH is 1. The summed E-state index contributed by atoms with van der Waals surface area (Å²) in [5, 5.41) is 9.28. The molecule has 0 saturated heterocycles. The van der Waals surface area contributed by atoms with Gasteiger partial charge in [0.15, 0.2) is 5.78 Å². The molecule has 0 saturated carbocycles. The van der Waals surface area contributed by atoms with Crippen molar-refractivity contribution in [2.24, 2.45) is 5.92 Å². The van der Waals surface area contributed by atoms with Crippen LogP contribution in [0.3, 0.4) is 0 Å². The number of rotatable bonds is 7. The van der Waals surface area contributed by atoms with Crippen molar-refractivity contribution in [1.82, 2.24) is 4.72 Å². The van der Waals surface area contributed by atoms with Crippen LogP contribution in [-0.2, 0) is 10.0 Å². The zero-order valence-electron chi connectivity index (χ0n) is 12.0. The Morgan fingerprint density at radius 1 is 1.30 bits per heavy atom. The molecule has 20 heavy (non-hydrogen) atoms. The van der Waals surface area contributed by atoms with E-state index in [9.17, 15) is 18.3 Å². The van der Waals surface area contributed by atoms with Crippen molar-refractivity contribution >= 4 is 15.8 Å². The van der Waals surface area contributed by atoms with Gasteiger partial charge in [-0.05, 0) is 25.0 Å². The minimum absolute atomic E-state index is 0.0336. The molecular formula is C14H21NO4S. The summed E-state index contributed by atoms with van der Waals surface area (Å²) in [6.45, 7) is 4.98. The van der Waals surface area contributed by atoms with E-state index in [0.717, 1.165) is 6.42 Å². The summed E-state index contributed by atoms with van der Waals surface area (Å²) in [4.78, 5) is 11.2. The van der Waals surface area contributed by atoms with Crippen LogP contribution in [0.1, 0.15) is 37.6 Å². The van der Waals surface area contributed by atoms with Crippen LogP contribution in [0, 0.1) is 5.92 Å². The Balaban J connectivity index is 2.95. The van der Waals surface area contributed by atoms with Gasteiger partial charge in [-0.1, -0.05) is 32.4 Å². The van der Waals surface area contributed by atoms with Crippen molar-refractivity contribution in [3.63, 3.8) is 0 Å². The lowest BCUT2D eigenvalue weighted by atomic mass is 10.0. The number of hydrogen-bond acceptors (Lipinski definition) is 4. The van der Waals surface area contributed by atoms with Gasteiger partial charge in [0, 0.05) is 11.6 Å². The van der Waals surface area contributed by atoms with Crippen LogP contribution >= 0.6 is 0 Å². The zero-order valence-corrected chi connectivity index (χ0v) is 12.8. The molecule has 1 aromatic rings. The molecule has 0 fully saturated rings. The lowest BCUT2D eigenvalue weighted by Gasteiger charge is -2.22. The minimum atomic E-state index is -3.69. The number of aliphatic hydroxyl groups is 1. The van der Waals surface area contributed by atoms with E-state index < -0.39 is 16.1 Å². The van der Waals surface area contributed by atoms with E-state index in [4.69, 9.17) is 0 Å². The van der Waals surface area contributed by atoms with Crippen LogP contribution in [0.5, 0.6) is 0 Å². The van der Waals surface area contributed by atoms with Crippen molar-refractivity contribution in [2.75, 3.05) is 6.61 Å². The number of Topliss-reactive ketones (excluding diaryl/α,β-unsaturated/α-hetero) is 1. The van der Waals surface area contributed by atoms with E-state index in [-0.39, 0.29) is 23.2 Å². The van der Waals surface area contributed by atoms with E-state index in [1.54, 1.807) is 0 Å². The molecule has 0 amide bonds. The summed E-state index contributed by atoms with van der Waals surface area (Å²) < 4.78 is 26.9. The Bertz CT molecular complexity index is 551. The Labute approximate surface area is 120 Å². The first kappa shape index (κ1) is 16.8. The quantitative estimate of drug-likeness (QED) is 0.749. The number of sulfonamides is 1. The maximum atomic E-state index is 12.2. The van der Waals surface area contributed by atoms with Crippen LogP contribution in [0.2, 0.25) is 0 Å². The molecule has 0 aliphatic heterocycles. The van der Waals surface area contributed by atoms with Gasteiger partial charge in [-0.3, -0.25) is 4.79 Å². The monoisotopic (exact) mass is 299 g/mol. The third-order valence-corrected chi connectivity index (χ3v) is 4.91. The first-order valence-electron chi connectivity index (χ1n) is 6.56. The van der Waals surface area contributed by atoms with Crippen LogP contribution in [0.25, 0.3) is 0 Å². The molecule has 0 bridgehead atoms. The van der Waals surface area contributed by atoms with E-state index >= 15 is 0 Å². The van der Waals surface area contributed by atoms with Crippen molar-refractivity contribution in [1.29, 1.82) is 0 Å². The Morgan fingerprint density at radius 2 is 1.85 bits per heavy atom. The number of carbonyl (C=O) groups is 1. The van der Waals surface area contributed by atoms with E-state index in [1.807, 2.05) is 13.8 Å². The summed E-state index contributed by atoms with van der Waals surface area (Å²) in [6, 6.07) is 5.23. The fourth-order valence-electron chi connectivity index (χ4n) is 1.75. The highest BCUT2D eigenvalue weighted by atomic mass is 32.2. The van der Waals surface area contributed by atoms with E-state index in [0.29, 0.717) is 5.56 Å². The Kier molecular flexibility index (Phi) is 5.86. The molecule has 1 aromatic carbocycles. The molecule has 1 rings (SSSR count). The van der Waals surface area contributed by atoms with Gasteiger partial charge < -0.3 is 5.11 Å². The molecule has 112 valence electrons. The highest BCUT2D eigenvalue weighted by Crippen LogP contribution is 2.14. The Morgan fingerprint density at radius 3 is 2.25 bits per heavy atom. The van der Waals surface area contributed by atoms with Crippen LogP contribution < -0.4 is 4.72 Å². The summed E-state index contributed by atoms with van der Waals surface area (Å²) in [5.74, 6) is -0.0824. The van der Waals surface area contributed by atoms with Gasteiger partial charge in [-0.25, -0.2) is 13.1 Å². The fraction of sp³-hybridized carbons (Fsp3) is 0.500. The smallest absolute Gasteiger partial charge is 0.240 e. The van der Waals surface area contributed by atoms with E-state index in [1.165, 1.54) is 31.2 Å². The predicted octanol–water partition coefficient (Wildman–Crippen LogP) is 1.57. The predicted molar refractivity (Wildman–Crippen MR) is 77.1 cm³/mol. The third-order valence-electron chi connectivity index (χ3n) is 3.41. The fourth-order valence-corrected chi connectivity index (χ4v) is 3.09. The number of benzene rings is 1. The molecule has 0 radical (unpaired) electrons. The number of ketones is 1. The molecule has 0 aromatic heterocycles. The number of carbonyl (C=O) groups excluding carboxylic acids is 1. The van der Waals surface area contributed by atoms with E-state index in [2.05, 4.69) is 4.72 Å². The van der Waals surface area contributed by atoms with Gasteiger partial charge in [0.25, 0.3) is 0 Å². The molecule has 2 atom stereocenters. The van der Waals surface area contributed by atoms with Crippen LogP contribution in [0.15, 0.2) is 29.2 Å². The molecule has 2 N–H and O–H groups in total. The number of nitrogens with one attached hydrogen (secondary N) is 1. The second kappa shape index (κ2) is 6.97. The maximum Gasteiger partial charge on any atom is 0.240 e. The van der Waals surface area contributed by atoms with Crippen molar-refractivity contribution in [3.05, 3.63) is 29.8 Å². The zero-order chi connectivity index (χ0) is 15.3. The lowest BCUT2D eigenvalue weighted by Crippen LogP contribution is -2.41. The van der Waals surface area contributed by atoms with Gasteiger partial charge >= 0.3 is 0 Å². The first-order chi connectivity index (χ1) is 9.31. The summed E-state index contributed by atoms with van der Waals surface area (Å²) in [6.07, 6.45) is 0.761. The van der Waals surface area contributed by atoms with Gasteiger partial charge in [0.2, 0.25) is 10.0 Å². The van der Waals surface area contributed by atoms with Crippen molar-refractivity contribution in [2.45, 2.75) is 38.1 Å². The average Bonchev–Trinajstić information content (AvgIpc) is 2.44. The normalized spacial score (nSPS) is 14.8. The molecule has 0 spiro atoms. The molecule has 0 aliphatic rings. The second-order valence-electron chi connectivity index (χ2n) is 4.88. The van der Waals surface area contributed by atoms with Gasteiger partial charge in [0.1, 0.15) is 0 Å². The highest BCUT2D eigenvalue weighted by molar-refractivity contribution is 7.89. The summed E-state index contributed by atoms with van der Waals surface area (Å²) >= 11 is 0.